The minimum Gasteiger partial charge on any atom is -0.302 e. The molecule has 4 rings (SSSR count). The van der Waals surface area contributed by atoms with Crippen LogP contribution in [0.3, 0.4) is 0 Å². The van der Waals surface area contributed by atoms with Crippen LogP contribution < -0.4 is 4.90 Å². The van der Waals surface area contributed by atoms with Crippen molar-refractivity contribution in [3.63, 3.8) is 0 Å². The second kappa shape index (κ2) is 7.34. The fourth-order valence-electron chi connectivity index (χ4n) is 4.98. The van der Waals surface area contributed by atoms with Gasteiger partial charge in [-0.25, -0.2) is 0 Å². The largest absolute Gasteiger partial charge is 0.302 e. The Morgan fingerprint density at radius 3 is 2.35 bits per heavy atom. The molecule has 31 heavy (non-hydrogen) atoms. The summed E-state index contributed by atoms with van der Waals surface area (Å²) in [5.41, 5.74) is 3.73. The lowest BCUT2D eigenvalue weighted by atomic mass is 9.65. The molecule has 0 fully saturated rings. The summed E-state index contributed by atoms with van der Waals surface area (Å²) in [5.74, 6) is -0.228. The molecule has 0 saturated carbocycles. The highest BCUT2D eigenvalue weighted by atomic mass is 16.6. The highest BCUT2D eigenvalue weighted by Crippen LogP contribution is 2.51. The van der Waals surface area contributed by atoms with Crippen LogP contribution in [0.5, 0.6) is 0 Å². The molecule has 158 valence electrons. The SMILES string of the molecule is Cc1ccc2c(c1)[C@](C)(c1ccccc1)CC(C)(C)N2C(=O)c1cccc([N+](=O)[O-])c1. The summed E-state index contributed by atoms with van der Waals surface area (Å²) >= 11 is 0. The van der Waals surface area contributed by atoms with Crippen LogP contribution in [0.4, 0.5) is 11.4 Å². The number of fused-ring (bicyclic) bond motifs is 1. The fraction of sp³-hybridized carbons (Fsp3) is 0.269. The van der Waals surface area contributed by atoms with E-state index in [1.807, 2.05) is 35.2 Å². The minimum absolute atomic E-state index is 0.0843. The van der Waals surface area contributed by atoms with Crippen molar-refractivity contribution in [2.45, 2.75) is 45.1 Å². The summed E-state index contributed by atoms with van der Waals surface area (Å²) in [6.45, 7) is 8.41. The van der Waals surface area contributed by atoms with Gasteiger partial charge in [0.2, 0.25) is 0 Å². The summed E-state index contributed by atoms with van der Waals surface area (Å²) in [4.78, 5) is 26.3. The van der Waals surface area contributed by atoms with Crippen molar-refractivity contribution in [3.05, 3.63) is 105 Å². The molecule has 0 aliphatic carbocycles. The van der Waals surface area contributed by atoms with E-state index >= 15 is 0 Å². The normalized spacial score (nSPS) is 19.5. The smallest absolute Gasteiger partial charge is 0.270 e. The Kier molecular flexibility index (Phi) is 4.92. The lowest BCUT2D eigenvalue weighted by molar-refractivity contribution is -0.384. The first-order valence-corrected chi connectivity index (χ1v) is 10.4. The number of aryl methyl sites for hydroxylation is 1. The second-order valence-electron chi connectivity index (χ2n) is 9.16. The standard InChI is InChI=1S/C26H26N2O3/c1-18-13-14-23-22(15-18)26(4,20-10-6-5-7-11-20)17-25(2,3)27(23)24(29)19-9-8-12-21(16-19)28(30)31/h5-16H,17H2,1-4H3/t26-/m0/s1. The average Bonchev–Trinajstić information content (AvgIpc) is 2.74. The van der Waals surface area contributed by atoms with E-state index in [0.717, 1.165) is 23.2 Å². The number of hydrogen-bond donors (Lipinski definition) is 0. The van der Waals surface area contributed by atoms with E-state index in [-0.39, 0.29) is 17.0 Å². The van der Waals surface area contributed by atoms with Gasteiger partial charge in [-0.2, -0.15) is 0 Å². The summed E-state index contributed by atoms with van der Waals surface area (Å²) in [6, 6.07) is 22.5. The maximum atomic E-state index is 13.7. The third kappa shape index (κ3) is 3.50. The van der Waals surface area contributed by atoms with Gasteiger partial charge in [0.15, 0.2) is 0 Å². The molecule has 1 amide bonds. The van der Waals surface area contributed by atoms with Crippen LogP contribution in [0.2, 0.25) is 0 Å². The third-order valence-electron chi connectivity index (χ3n) is 6.30. The van der Waals surface area contributed by atoms with Gasteiger partial charge in [-0.15, -0.1) is 0 Å². The minimum atomic E-state index is -0.505. The van der Waals surface area contributed by atoms with E-state index < -0.39 is 10.5 Å². The summed E-state index contributed by atoms with van der Waals surface area (Å²) < 4.78 is 0. The number of nitro benzene ring substituents is 1. The molecule has 0 N–H and O–H groups in total. The van der Waals surface area contributed by atoms with Crippen LogP contribution in [0.25, 0.3) is 0 Å². The van der Waals surface area contributed by atoms with Gasteiger partial charge in [0, 0.05) is 34.3 Å². The number of carbonyl (C=O) groups excluding carboxylic acids is 1. The number of nitro groups is 1. The Labute approximate surface area is 182 Å². The number of hydrogen-bond acceptors (Lipinski definition) is 3. The molecule has 0 spiro atoms. The highest BCUT2D eigenvalue weighted by Gasteiger charge is 2.48. The molecular weight excluding hydrogens is 388 g/mol. The van der Waals surface area contributed by atoms with E-state index in [1.165, 1.54) is 17.7 Å². The number of nitrogens with zero attached hydrogens (tertiary/aromatic N) is 2. The highest BCUT2D eigenvalue weighted by molar-refractivity contribution is 6.08. The molecular formula is C26H26N2O3. The van der Waals surface area contributed by atoms with E-state index in [9.17, 15) is 14.9 Å². The van der Waals surface area contributed by atoms with Crippen LogP contribution in [-0.2, 0) is 5.41 Å². The number of benzene rings is 3. The fourth-order valence-corrected chi connectivity index (χ4v) is 4.98. The number of amides is 1. The Balaban J connectivity index is 1.90. The van der Waals surface area contributed by atoms with Gasteiger partial charge in [-0.3, -0.25) is 14.9 Å². The molecule has 1 aliphatic heterocycles. The molecule has 0 unspecified atom stereocenters. The molecule has 3 aromatic carbocycles. The second-order valence-corrected chi connectivity index (χ2v) is 9.16. The number of carbonyl (C=O) groups is 1. The maximum Gasteiger partial charge on any atom is 0.270 e. The number of non-ortho nitro benzene ring substituents is 1. The van der Waals surface area contributed by atoms with Gasteiger partial charge in [-0.05, 0) is 50.5 Å². The van der Waals surface area contributed by atoms with E-state index in [2.05, 4.69) is 45.9 Å². The molecule has 1 aliphatic rings. The zero-order valence-corrected chi connectivity index (χ0v) is 18.3. The van der Waals surface area contributed by atoms with Crippen LogP contribution >= 0.6 is 0 Å². The van der Waals surface area contributed by atoms with Gasteiger partial charge >= 0.3 is 0 Å². The Morgan fingerprint density at radius 2 is 1.68 bits per heavy atom. The first-order chi connectivity index (χ1) is 14.6. The van der Waals surface area contributed by atoms with Gasteiger partial charge in [0.25, 0.3) is 11.6 Å². The Hall–Kier alpha value is -3.47. The van der Waals surface area contributed by atoms with Crippen molar-refractivity contribution < 1.29 is 9.72 Å². The maximum absolute atomic E-state index is 13.7. The summed E-state index contributed by atoms with van der Waals surface area (Å²) in [5, 5.41) is 11.2. The van der Waals surface area contributed by atoms with E-state index in [0.29, 0.717) is 5.56 Å². The van der Waals surface area contributed by atoms with Gasteiger partial charge in [0.1, 0.15) is 0 Å². The van der Waals surface area contributed by atoms with Crippen molar-refractivity contribution in [1.82, 2.24) is 0 Å². The van der Waals surface area contributed by atoms with E-state index in [4.69, 9.17) is 0 Å². The molecule has 0 aromatic heterocycles. The predicted molar refractivity (Wildman–Crippen MR) is 123 cm³/mol. The molecule has 1 atom stereocenters. The van der Waals surface area contributed by atoms with Gasteiger partial charge in [0.05, 0.1) is 4.92 Å². The van der Waals surface area contributed by atoms with Crippen molar-refractivity contribution in [2.75, 3.05) is 4.90 Å². The molecule has 5 nitrogen and oxygen atoms in total. The molecule has 5 heteroatoms. The molecule has 3 aromatic rings. The van der Waals surface area contributed by atoms with Gasteiger partial charge in [-0.1, -0.05) is 61.0 Å². The number of anilines is 1. The lowest BCUT2D eigenvalue weighted by Crippen LogP contribution is -2.55. The topological polar surface area (TPSA) is 63.5 Å². The van der Waals surface area contributed by atoms with Gasteiger partial charge < -0.3 is 4.90 Å². The Morgan fingerprint density at radius 1 is 0.968 bits per heavy atom. The Bertz CT molecular complexity index is 1170. The third-order valence-corrected chi connectivity index (χ3v) is 6.30. The van der Waals surface area contributed by atoms with Crippen LogP contribution in [0, 0.1) is 17.0 Å². The quantitative estimate of drug-likeness (QED) is 0.388. The van der Waals surface area contributed by atoms with Crippen molar-refractivity contribution in [3.8, 4) is 0 Å². The summed E-state index contributed by atoms with van der Waals surface area (Å²) in [7, 11) is 0. The lowest BCUT2D eigenvalue weighted by Gasteiger charge is -2.51. The number of rotatable bonds is 3. The molecule has 1 heterocycles. The molecule has 0 bridgehead atoms. The molecule has 0 radical (unpaired) electrons. The van der Waals surface area contributed by atoms with Crippen LogP contribution in [0.1, 0.15) is 54.2 Å². The van der Waals surface area contributed by atoms with Crippen LogP contribution in [0.15, 0.2) is 72.8 Å². The first-order valence-electron chi connectivity index (χ1n) is 10.4. The molecule has 0 saturated heterocycles. The van der Waals surface area contributed by atoms with Crippen LogP contribution in [-0.4, -0.2) is 16.4 Å². The average molecular weight is 415 g/mol. The summed E-state index contributed by atoms with van der Waals surface area (Å²) in [6.07, 6.45) is 0.723. The monoisotopic (exact) mass is 414 g/mol. The predicted octanol–water partition coefficient (Wildman–Crippen LogP) is 6.04. The zero-order valence-electron chi connectivity index (χ0n) is 18.3. The first kappa shape index (κ1) is 20.8. The van der Waals surface area contributed by atoms with Crippen molar-refractivity contribution in [2.24, 2.45) is 0 Å². The van der Waals surface area contributed by atoms with Crippen molar-refractivity contribution in [1.29, 1.82) is 0 Å². The zero-order chi connectivity index (χ0) is 22.4. The van der Waals surface area contributed by atoms with E-state index in [1.54, 1.807) is 12.1 Å². The van der Waals surface area contributed by atoms with Crippen molar-refractivity contribution >= 4 is 17.3 Å².